The van der Waals surface area contributed by atoms with Gasteiger partial charge in [-0.2, -0.15) is 0 Å². The molecule has 1 N–H and O–H groups in total. The van der Waals surface area contributed by atoms with Crippen molar-refractivity contribution in [3.05, 3.63) is 59.9 Å². The van der Waals surface area contributed by atoms with Crippen LogP contribution in [0.15, 0.2) is 48.8 Å². The van der Waals surface area contributed by atoms with Crippen LogP contribution in [0.3, 0.4) is 0 Å². The van der Waals surface area contributed by atoms with Crippen molar-refractivity contribution in [3.8, 4) is 5.75 Å². The molecule has 3 atom stereocenters. The van der Waals surface area contributed by atoms with E-state index in [1.54, 1.807) is 31.6 Å². The van der Waals surface area contributed by atoms with E-state index in [2.05, 4.69) is 27.3 Å². The van der Waals surface area contributed by atoms with Crippen LogP contribution < -0.4 is 10.1 Å². The smallest absolute Gasteiger partial charge is 0.254 e. The molecule has 2 fully saturated rings. The summed E-state index contributed by atoms with van der Waals surface area (Å²) in [6.45, 7) is 2.70. The van der Waals surface area contributed by atoms with Crippen LogP contribution in [0.1, 0.15) is 28.3 Å². The number of nitrogens with one attached hydrogen (secondary N) is 1. The fourth-order valence-corrected chi connectivity index (χ4v) is 4.25. The summed E-state index contributed by atoms with van der Waals surface area (Å²) in [7, 11) is 1.68. The molecule has 2 aliphatic heterocycles. The average molecular weight is 337 g/mol. The summed E-state index contributed by atoms with van der Waals surface area (Å²) in [5.74, 6) is 1.79. The number of benzene rings is 1. The Hall–Kier alpha value is -2.40. The highest BCUT2D eigenvalue weighted by molar-refractivity contribution is 5.94. The van der Waals surface area contributed by atoms with Crippen LogP contribution in [-0.4, -0.2) is 48.6 Å². The minimum atomic E-state index is 0.121. The average Bonchev–Trinajstić information content (AvgIpc) is 3.08. The number of methoxy groups -OCH3 is 1. The van der Waals surface area contributed by atoms with E-state index in [9.17, 15) is 4.79 Å². The Morgan fingerprint density at radius 2 is 1.96 bits per heavy atom. The molecule has 0 aliphatic carbocycles. The molecule has 0 saturated carbocycles. The zero-order valence-electron chi connectivity index (χ0n) is 14.4. The van der Waals surface area contributed by atoms with Crippen LogP contribution in [0.4, 0.5) is 0 Å². The van der Waals surface area contributed by atoms with Gasteiger partial charge in [-0.3, -0.25) is 9.78 Å². The number of likely N-dealkylation sites (tertiary alicyclic amines) is 1. The van der Waals surface area contributed by atoms with Crippen LogP contribution in [-0.2, 0) is 0 Å². The topological polar surface area (TPSA) is 54.5 Å². The lowest BCUT2D eigenvalue weighted by Gasteiger charge is -2.33. The number of carbonyl (C=O) groups is 1. The fraction of sp³-hybridized carbons (Fsp3) is 0.400. The summed E-state index contributed by atoms with van der Waals surface area (Å²) < 4.78 is 5.27. The summed E-state index contributed by atoms with van der Waals surface area (Å²) >= 11 is 0. The van der Waals surface area contributed by atoms with Crippen molar-refractivity contribution in [2.24, 2.45) is 5.92 Å². The third-order valence-corrected chi connectivity index (χ3v) is 5.53. The molecule has 3 heterocycles. The summed E-state index contributed by atoms with van der Waals surface area (Å²) in [5, 5.41) is 3.51. The fourth-order valence-electron chi connectivity index (χ4n) is 4.25. The highest BCUT2D eigenvalue weighted by atomic mass is 16.5. The van der Waals surface area contributed by atoms with Gasteiger partial charge in [0.05, 0.1) is 7.11 Å². The molecular weight excluding hydrogens is 314 g/mol. The molecular formula is C20H23N3O2. The van der Waals surface area contributed by atoms with E-state index in [0.29, 0.717) is 17.9 Å². The summed E-state index contributed by atoms with van der Waals surface area (Å²) in [4.78, 5) is 19.1. The van der Waals surface area contributed by atoms with E-state index in [0.717, 1.165) is 37.4 Å². The van der Waals surface area contributed by atoms with Gasteiger partial charge in [-0.25, -0.2) is 0 Å². The summed E-state index contributed by atoms with van der Waals surface area (Å²) in [6, 6.07) is 12.2. The SMILES string of the molecule is COc1ccc([C@H]2CN(C(=O)c3ccncc3)[C@@H]3CCNC[C@H]23)cc1. The molecule has 4 rings (SSSR count). The molecule has 1 aromatic heterocycles. The molecule has 1 aromatic carbocycles. The van der Waals surface area contributed by atoms with Crippen molar-refractivity contribution in [2.75, 3.05) is 26.7 Å². The minimum absolute atomic E-state index is 0.121. The Balaban J connectivity index is 1.62. The number of piperidine rings is 1. The summed E-state index contributed by atoms with van der Waals surface area (Å²) in [6.07, 6.45) is 4.38. The van der Waals surface area contributed by atoms with Crippen molar-refractivity contribution in [1.82, 2.24) is 15.2 Å². The molecule has 130 valence electrons. The lowest BCUT2D eigenvalue weighted by molar-refractivity contribution is 0.0697. The predicted molar refractivity (Wildman–Crippen MR) is 95.8 cm³/mol. The lowest BCUT2D eigenvalue weighted by Crippen LogP contribution is -2.46. The number of aromatic nitrogens is 1. The third-order valence-electron chi connectivity index (χ3n) is 5.53. The van der Waals surface area contributed by atoms with Crippen molar-refractivity contribution >= 4 is 5.91 Å². The Labute approximate surface area is 148 Å². The van der Waals surface area contributed by atoms with Crippen LogP contribution >= 0.6 is 0 Å². The highest BCUT2D eigenvalue weighted by Gasteiger charge is 2.45. The van der Waals surface area contributed by atoms with E-state index >= 15 is 0 Å². The van der Waals surface area contributed by atoms with E-state index in [1.807, 2.05) is 12.1 Å². The second-order valence-corrected chi connectivity index (χ2v) is 6.80. The monoisotopic (exact) mass is 337 g/mol. The van der Waals surface area contributed by atoms with Gasteiger partial charge in [0.25, 0.3) is 5.91 Å². The Bertz CT molecular complexity index is 732. The Morgan fingerprint density at radius 3 is 2.68 bits per heavy atom. The van der Waals surface area contributed by atoms with Crippen molar-refractivity contribution in [3.63, 3.8) is 0 Å². The largest absolute Gasteiger partial charge is 0.497 e. The lowest BCUT2D eigenvalue weighted by atomic mass is 9.82. The second kappa shape index (κ2) is 6.84. The molecule has 0 spiro atoms. The van der Waals surface area contributed by atoms with Crippen LogP contribution in [0.5, 0.6) is 5.75 Å². The van der Waals surface area contributed by atoms with Gasteiger partial charge >= 0.3 is 0 Å². The number of hydrogen-bond donors (Lipinski definition) is 1. The molecule has 0 bridgehead atoms. The van der Waals surface area contributed by atoms with Gasteiger partial charge in [0, 0.05) is 48.9 Å². The highest BCUT2D eigenvalue weighted by Crippen LogP contribution is 2.40. The van der Waals surface area contributed by atoms with E-state index < -0.39 is 0 Å². The number of rotatable bonds is 3. The molecule has 2 aromatic rings. The van der Waals surface area contributed by atoms with Crippen LogP contribution in [0.2, 0.25) is 0 Å². The van der Waals surface area contributed by atoms with E-state index in [4.69, 9.17) is 4.74 Å². The molecule has 1 amide bonds. The van der Waals surface area contributed by atoms with Gasteiger partial charge in [-0.1, -0.05) is 12.1 Å². The number of fused-ring (bicyclic) bond motifs is 1. The molecule has 0 unspecified atom stereocenters. The molecule has 2 saturated heterocycles. The van der Waals surface area contributed by atoms with Gasteiger partial charge in [-0.05, 0) is 42.8 Å². The van der Waals surface area contributed by atoms with Crippen LogP contribution in [0.25, 0.3) is 0 Å². The molecule has 5 nitrogen and oxygen atoms in total. The molecule has 0 radical (unpaired) electrons. The van der Waals surface area contributed by atoms with E-state index in [-0.39, 0.29) is 5.91 Å². The number of ether oxygens (including phenoxy) is 1. The van der Waals surface area contributed by atoms with E-state index in [1.165, 1.54) is 5.56 Å². The Kier molecular flexibility index (Phi) is 4.40. The van der Waals surface area contributed by atoms with Crippen molar-refractivity contribution in [2.45, 2.75) is 18.4 Å². The first kappa shape index (κ1) is 16.1. The number of amides is 1. The maximum absolute atomic E-state index is 13.0. The molecule has 5 heteroatoms. The van der Waals surface area contributed by atoms with Crippen molar-refractivity contribution < 1.29 is 9.53 Å². The minimum Gasteiger partial charge on any atom is -0.497 e. The van der Waals surface area contributed by atoms with Crippen molar-refractivity contribution in [1.29, 1.82) is 0 Å². The maximum atomic E-state index is 13.0. The zero-order chi connectivity index (χ0) is 17.2. The van der Waals surface area contributed by atoms with Gasteiger partial charge < -0.3 is 15.0 Å². The predicted octanol–water partition coefficient (Wildman–Crippen LogP) is 2.31. The van der Waals surface area contributed by atoms with Gasteiger partial charge in [0.15, 0.2) is 0 Å². The maximum Gasteiger partial charge on any atom is 0.254 e. The molecule has 25 heavy (non-hydrogen) atoms. The molecule has 2 aliphatic rings. The number of nitrogens with zero attached hydrogens (tertiary/aromatic N) is 2. The summed E-state index contributed by atoms with van der Waals surface area (Å²) in [5.41, 5.74) is 2.01. The van der Waals surface area contributed by atoms with Gasteiger partial charge in [0.1, 0.15) is 5.75 Å². The van der Waals surface area contributed by atoms with Crippen LogP contribution in [0, 0.1) is 5.92 Å². The standard InChI is InChI=1S/C20H23N3O2/c1-25-16-4-2-14(3-5-16)18-13-23(19-8-11-22-12-17(18)19)20(24)15-6-9-21-10-7-15/h2-7,9-10,17-19,22H,8,11-13H2,1H3/t17-,18-,19-/m1/s1. The number of carbonyl (C=O) groups excluding carboxylic acids is 1. The first-order valence-corrected chi connectivity index (χ1v) is 8.83. The third kappa shape index (κ3) is 3.00. The number of hydrogen-bond acceptors (Lipinski definition) is 4. The second-order valence-electron chi connectivity index (χ2n) is 6.80. The quantitative estimate of drug-likeness (QED) is 0.934. The van der Waals surface area contributed by atoms with Gasteiger partial charge in [-0.15, -0.1) is 0 Å². The number of pyridine rings is 1. The van der Waals surface area contributed by atoms with Gasteiger partial charge in [0.2, 0.25) is 0 Å². The normalized spacial score (nSPS) is 25.5. The first-order valence-electron chi connectivity index (χ1n) is 8.83. The zero-order valence-corrected chi connectivity index (χ0v) is 14.4. The Morgan fingerprint density at radius 1 is 1.20 bits per heavy atom. The first-order chi connectivity index (χ1) is 12.3.